The van der Waals surface area contributed by atoms with E-state index in [4.69, 9.17) is 21.1 Å². The van der Waals surface area contributed by atoms with Crippen molar-refractivity contribution in [2.45, 2.75) is 13.0 Å². The van der Waals surface area contributed by atoms with Crippen LogP contribution in [0.25, 0.3) is 5.76 Å². The van der Waals surface area contributed by atoms with E-state index in [2.05, 4.69) is 4.98 Å². The molecule has 1 atom stereocenters. The molecule has 5 rings (SSSR count). The molecule has 10 heteroatoms. The predicted molar refractivity (Wildman–Crippen MR) is 147 cm³/mol. The second kappa shape index (κ2) is 10.7. The van der Waals surface area contributed by atoms with Gasteiger partial charge >= 0.3 is 11.9 Å². The molecule has 3 aromatic carbocycles. The number of aliphatic hydroxyl groups excluding tert-OH is 1. The van der Waals surface area contributed by atoms with Crippen LogP contribution in [0.4, 0.5) is 5.13 Å². The smallest absolute Gasteiger partial charge is 0.350 e. The summed E-state index contributed by atoms with van der Waals surface area (Å²) in [4.78, 5) is 44.9. The van der Waals surface area contributed by atoms with E-state index in [0.717, 1.165) is 11.3 Å². The average molecular weight is 561 g/mol. The number of amides is 1. The fourth-order valence-electron chi connectivity index (χ4n) is 4.25. The maximum atomic E-state index is 13.5. The lowest BCUT2D eigenvalue weighted by Crippen LogP contribution is -2.29. The highest BCUT2D eigenvalue weighted by Crippen LogP contribution is 2.44. The van der Waals surface area contributed by atoms with E-state index in [9.17, 15) is 19.5 Å². The Morgan fingerprint density at radius 3 is 2.38 bits per heavy atom. The van der Waals surface area contributed by atoms with E-state index in [1.54, 1.807) is 67.6 Å². The Kier molecular flexibility index (Phi) is 7.19. The molecule has 0 spiro atoms. The highest BCUT2D eigenvalue weighted by atomic mass is 35.5. The van der Waals surface area contributed by atoms with Crippen LogP contribution >= 0.6 is 22.9 Å². The number of rotatable bonds is 6. The van der Waals surface area contributed by atoms with Crippen molar-refractivity contribution in [3.63, 3.8) is 0 Å². The third-order valence-electron chi connectivity index (χ3n) is 6.08. The van der Waals surface area contributed by atoms with E-state index in [1.165, 1.54) is 12.0 Å². The number of ether oxygens (including phenoxy) is 2. The van der Waals surface area contributed by atoms with Crippen molar-refractivity contribution in [3.8, 4) is 11.5 Å². The summed E-state index contributed by atoms with van der Waals surface area (Å²) in [5.41, 5.74) is 1.02. The number of ketones is 1. The van der Waals surface area contributed by atoms with Crippen molar-refractivity contribution >= 4 is 51.5 Å². The molecule has 2 heterocycles. The SMILES string of the molecule is COC(=O)c1sc(N2C(=O)C(=O)/C(=C(/O)c3ccc(Cl)cc3)[C@H]2c2cccc(Oc3ccccc3)c2)nc1C. The highest BCUT2D eigenvalue weighted by molar-refractivity contribution is 7.17. The van der Waals surface area contributed by atoms with Crippen LogP contribution in [0.3, 0.4) is 0 Å². The standard InChI is InChI=1S/C29H21ClN2O6S/c1-16-26(28(36)37-2)39-29(31-16)32-23(18-7-6-10-21(15-18)38-20-8-4-3-5-9-20)22(25(34)27(32)35)24(33)17-11-13-19(30)14-12-17/h3-15,23,33H,1-2H3/b24-22+/t23-/m1/s1. The van der Waals surface area contributed by atoms with Gasteiger partial charge in [-0.2, -0.15) is 0 Å². The van der Waals surface area contributed by atoms with Crippen molar-refractivity contribution in [2.75, 3.05) is 12.0 Å². The quantitative estimate of drug-likeness (QED) is 0.127. The lowest BCUT2D eigenvalue weighted by Gasteiger charge is -2.23. The number of para-hydroxylation sites is 1. The summed E-state index contributed by atoms with van der Waals surface area (Å²) in [6.07, 6.45) is 0. The third-order valence-corrected chi connectivity index (χ3v) is 7.47. The Morgan fingerprint density at radius 2 is 1.69 bits per heavy atom. The van der Waals surface area contributed by atoms with Crippen molar-refractivity contribution in [1.82, 2.24) is 4.98 Å². The van der Waals surface area contributed by atoms with Gasteiger partial charge in [0.05, 0.1) is 24.4 Å². The zero-order valence-corrected chi connectivity index (χ0v) is 22.3. The van der Waals surface area contributed by atoms with Gasteiger partial charge in [-0.25, -0.2) is 9.78 Å². The normalized spacial score (nSPS) is 16.4. The number of aryl methyl sites for hydroxylation is 1. The molecule has 0 bridgehead atoms. The third kappa shape index (κ3) is 5.01. The van der Waals surface area contributed by atoms with E-state index >= 15 is 0 Å². The van der Waals surface area contributed by atoms with Crippen LogP contribution < -0.4 is 9.64 Å². The molecule has 1 fully saturated rings. The maximum Gasteiger partial charge on any atom is 0.350 e. The molecule has 0 unspecified atom stereocenters. The first-order chi connectivity index (χ1) is 18.8. The van der Waals surface area contributed by atoms with Crippen LogP contribution in [-0.2, 0) is 14.3 Å². The van der Waals surface area contributed by atoms with Crippen LogP contribution in [0.2, 0.25) is 5.02 Å². The Labute approximate surface area is 232 Å². The lowest BCUT2D eigenvalue weighted by molar-refractivity contribution is -0.132. The van der Waals surface area contributed by atoms with E-state index < -0.39 is 23.7 Å². The molecular weight excluding hydrogens is 540 g/mol. The first kappa shape index (κ1) is 26.1. The minimum atomic E-state index is -1.06. The van der Waals surface area contributed by atoms with Gasteiger partial charge in [0, 0.05) is 10.6 Å². The van der Waals surface area contributed by atoms with E-state index in [1.807, 2.05) is 18.2 Å². The van der Waals surface area contributed by atoms with Gasteiger partial charge in [0.2, 0.25) is 0 Å². The molecule has 1 saturated heterocycles. The topological polar surface area (TPSA) is 106 Å². The van der Waals surface area contributed by atoms with Gasteiger partial charge in [-0.05, 0) is 61.0 Å². The molecular formula is C29H21ClN2O6S. The van der Waals surface area contributed by atoms with Crippen LogP contribution in [-0.4, -0.2) is 34.9 Å². The summed E-state index contributed by atoms with van der Waals surface area (Å²) < 4.78 is 10.8. The van der Waals surface area contributed by atoms with Crippen LogP contribution in [0.5, 0.6) is 11.5 Å². The summed E-state index contributed by atoms with van der Waals surface area (Å²) in [5.74, 6) is -1.70. The van der Waals surface area contributed by atoms with Crippen molar-refractivity contribution in [1.29, 1.82) is 0 Å². The Hall–Kier alpha value is -4.47. The van der Waals surface area contributed by atoms with Gasteiger partial charge in [-0.3, -0.25) is 14.5 Å². The maximum absolute atomic E-state index is 13.5. The van der Waals surface area contributed by atoms with Crippen molar-refractivity contribution in [2.24, 2.45) is 0 Å². The first-order valence-electron chi connectivity index (χ1n) is 11.7. The van der Waals surface area contributed by atoms with Crippen LogP contribution in [0, 0.1) is 6.92 Å². The van der Waals surface area contributed by atoms with Gasteiger partial charge < -0.3 is 14.6 Å². The summed E-state index contributed by atoms with van der Waals surface area (Å²) in [6.45, 7) is 1.61. The number of aromatic nitrogens is 1. The van der Waals surface area contributed by atoms with Gasteiger partial charge in [0.15, 0.2) is 5.13 Å². The van der Waals surface area contributed by atoms with E-state index in [-0.39, 0.29) is 21.3 Å². The van der Waals surface area contributed by atoms with Gasteiger partial charge in [-0.15, -0.1) is 0 Å². The lowest BCUT2D eigenvalue weighted by atomic mass is 9.95. The van der Waals surface area contributed by atoms with Gasteiger partial charge in [0.1, 0.15) is 22.1 Å². The molecule has 1 aliphatic heterocycles. The number of benzene rings is 3. The number of thiazole rings is 1. The first-order valence-corrected chi connectivity index (χ1v) is 12.9. The Balaban J connectivity index is 1.67. The second-order valence-corrected chi connectivity index (χ2v) is 9.98. The second-order valence-electron chi connectivity index (χ2n) is 8.57. The average Bonchev–Trinajstić information content (AvgIpc) is 3.45. The highest BCUT2D eigenvalue weighted by Gasteiger charge is 2.48. The molecule has 1 N–H and O–H groups in total. The number of carbonyl (C=O) groups excluding carboxylic acids is 3. The molecule has 8 nitrogen and oxygen atoms in total. The van der Waals surface area contributed by atoms with Crippen molar-refractivity contribution < 1.29 is 29.0 Å². The number of nitrogens with zero attached hydrogens (tertiary/aromatic N) is 2. The number of aliphatic hydroxyl groups is 1. The summed E-state index contributed by atoms with van der Waals surface area (Å²) >= 11 is 6.93. The minimum absolute atomic E-state index is 0.115. The Bertz CT molecular complexity index is 1610. The predicted octanol–water partition coefficient (Wildman–Crippen LogP) is 6.31. The molecule has 0 aliphatic carbocycles. The Morgan fingerprint density at radius 1 is 1.00 bits per heavy atom. The summed E-state index contributed by atoms with van der Waals surface area (Å²) in [6, 6.07) is 21.2. The number of methoxy groups -OCH3 is 1. The fraction of sp³-hybridized carbons (Fsp3) is 0.103. The molecule has 1 amide bonds. The largest absolute Gasteiger partial charge is 0.507 e. The van der Waals surface area contributed by atoms with Crippen molar-refractivity contribution in [3.05, 3.63) is 111 Å². The van der Waals surface area contributed by atoms with Gasteiger partial charge in [0.25, 0.3) is 5.78 Å². The number of halogens is 1. The molecule has 196 valence electrons. The van der Waals surface area contributed by atoms with Gasteiger partial charge in [-0.1, -0.05) is 53.3 Å². The zero-order valence-electron chi connectivity index (χ0n) is 20.8. The summed E-state index contributed by atoms with van der Waals surface area (Å²) in [7, 11) is 1.25. The minimum Gasteiger partial charge on any atom is -0.507 e. The van der Waals surface area contributed by atoms with Crippen LogP contribution in [0.1, 0.15) is 32.5 Å². The molecule has 1 aromatic heterocycles. The van der Waals surface area contributed by atoms with Crippen LogP contribution in [0.15, 0.2) is 84.4 Å². The molecule has 0 radical (unpaired) electrons. The molecule has 0 saturated carbocycles. The molecule has 39 heavy (non-hydrogen) atoms. The number of carbonyl (C=O) groups is 3. The number of hydrogen-bond acceptors (Lipinski definition) is 8. The number of esters is 1. The number of anilines is 1. The molecule has 1 aliphatic rings. The van der Waals surface area contributed by atoms with E-state index in [0.29, 0.717) is 33.3 Å². The monoisotopic (exact) mass is 560 g/mol. The zero-order chi connectivity index (χ0) is 27.7. The fourth-order valence-corrected chi connectivity index (χ4v) is 5.39. The molecule has 4 aromatic rings. The number of Topliss-reactive ketones (excluding diaryl/α,β-unsaturated/α-hetero) is 1. The summed E-state index contributed by atoms with van der Waals surface area (Å²) in [5, 5.41) is 11.9. The number of hydrogen-bond donors (Lipinski definition) is 1.